The maximum atomic E-state index is 5.30. The number of hydrogen-bond donors (Lipinski definition) is 2. The van der Waals surface area contributed by atoms with E-state index in [0.29, 0.717) is 11.7 Å². The molecule has 1 heterocycles. The second kappa shape index (κ2) is 7.78. The van der Waals surface area contributed by atoms with Crippen LogP contribution in [-0.2, 0) is 19.5 Å². The third kappa shape index (κ3) is 4.86. The summed E-state index contributed by atoms with van der Waals surface area (Å²) in [7, 11) is 0. The summed E-state index contributed by atoms with van der Waals surface area (Å²) in [5, 5.41) is 11.6. The van der Waals surface area contributed by atoms with Crippen molar-refractivity contribution in [1.82, 2.24) is 20.4 Å². The van der Waals surface area contributed by atoms with Crippen LogP contribution in [0.5, 0.6) is 0 Å². The molecule has 5 heteroatoms. The summed E-state index contributed by atoms with van der Waals surface area (Å²) in [5.41, 5.74) is 3.55. The van der Waals surface area contributed by atoms with E-state index in [9.17, 15) is 0 Å². The zero-order chi connectivity index (χ0) is 15.1. The van der Waals surface area contributed by atoms with E-state index in [1.165, 1.54) is 11.1 Å². The van der Waals surface area contributed by atoms with E-state index in [0.717, 1.165) is 25.2 Å². The van der Waals surface area contributed by atoms with Crippen LogP contribution in [0.4, 0.5) is 0 Å². The van der Waals surface area contributed by atoms with Gasteiger partial charge in [-0.15, -0.1) is 0 Å². The van der Waals surface area contributed by atoms with Crippen LogP contribution in [0.3, 0.4) is 0 Å². The van der Waals surface area contributed by atoms with Gasteiger partial charge >= 0.3 is 0 Å². The van der Waals surface area contributed by atoms with Gasteiger partial charge in [-0.3, -0.25) is 4.68 Å². The maximum absolute atomic E-state index is 5.30. The number of benzene rings is 1. The number of nitrogens with zero attached hydrogens (tertiary/aromatic N) is 2. The highest BCUT2D eigenvalue weighted by Gasteiger charge is 2.04. The Kier molecular flexibility index (Phi) is 5.75. The molecule has 0 aliphatic heterocycles. The second-order valence-corrected chi connectivity index (χ2v) is 5.35. The van der Waals surface area contributed by atoms with E-state index < -0.39 is 0 Å². The molecule has 0 unspecified atom stereocenters. The summed E-state index contributed by atoms with van der Waals surface area (Å²) >= 11 is 5.30. The fraction of sp³-hybridized carbons (Fsp3) is 0.375. The van der Waals surface area contributed by atoms with E-state index >= 15 is 0 Å². The maximum Gasteiger partial charge on any atom is 0.166 e. The van der Waals surface area contributed by atoms with Crippen LogP contribution in [0.2, 0.25) is 0 Å². The molecule has 0 spiro atoms. The fourth-order valence-electron chi connectivity index (χ4n) is 2.10. The molecule has 112 valence electrons. The molecule has 0 amide bonds. The monoisotopic (exact) mass is 302 g/mol. The van der Waals surface area contributed by atoms with Gasteiger partial charge in [-0.25, -0.2) is 0 Å². The number of thiocarbonyl (C=S) groups is 1. The summed E-state index contributed by atoms with van der Waals surface area (Å²) in [4.78, 5) is 0. The Morgan fingerprint density at radius 1 is 1.24 bits per heavy atom. The van der Waals surface area contributed by atoms with Crippen LogP contribution in [0.15, 0.2) is 36.5 Å². The van der Waals surface area contributed by atoms with Crippen molar-refractivity contribution in [2.75, 3.05) is 6.54 Å². The minimum atomic E-state index is 0.689. The number of rotatable bonds is 6. The minimum Gasteiger partial charge on any atom is -0.362 e. The Hall–Kier alpha value is -1.88. The normalized spacial score (nSPS) is 10.4. The first-order valence-electron chi connectivity index (χ1n) is 7.27. The smallest absolute Gasteiger partial charge is 0.166 e. The molecule has 0 fully saturated rings. The molecule has 0 saturated heterocycles. The second-order valence-electron chi connectivity index (χ2n) is 4.94. The molecule has 2 rings (SSSR count). The van der Waals surface area contributed by atoms with Crippen molar-refractivity contribution in [2.45, 2.75) is 33.4 Å². The van der Waals surface area contributed by atoms with Crippen molar-refractivity contribution in [1.29, 1.82) is 0 Å². The lowest BCUT2D eigenvalue weighted by Gasteiger charge is -2.10. The molecule has 1 aromatic heterocycles. The molecule has 2 N–H and O–H groups in total. The van der Waals surface area contributed by atoms with Crippen molar-refractivity contribution in [3.63, 3.8) is 0 Å². The average Bonchev–Trinajstić information content (AvgIpc) is 2.87. The van der Waals surface area contributed by atoms with Gasteiger partial charge in [-0.1, -0.05) is 30.3 Å². The van der Waals surface area contributed by atoms with Gasteiger partial charge in [0.2, 0.25) is 0 Å². The van der Waals surface area contributed by atoms with Gasteiger partial charge in [0.05, 0.1) is 5.69 Å². The Morgan fingerprint density at radius 2 is 2.00 bits per heavy atom. The molecule has 0 aliphatic carbocycles. The predicted molar refractivity (Wildman–Crippen MR) is 90.2 cm³/mol. The van der Waals surface area contributed by atoms with Crippen LogP contribution in [-0.4, -0.2) is 21.4 Å². The van der Waals surface area contributed by atoms with Crippen molar-refractivity contribution in [3.05, 3.63) is 53.3 Å². The average molecular weight is 302 g/mol. The predicted octanol–water partition coefficient (Wildman–Crippen LogP) is 2.42. The molecule has 2 aromatic rings. The van der Waals surface area contributed by atoms with Crippen molar-refractivity contribution in [3.8, 4) is 0 Å². The zero-order valence-electron chi connectivity index (χ0n) is 12.6. The van der Waals surface area contributed by atoms with Crippen molar-refractivity contribution in [2.24, 2.45) is 0 Å². The number of nitrogens with one attached hydrogen (secondary N) is 2. The Morgan fingerprint density at radius 3 is 2.67 bits per heavy atom. The van der Waals surface area contributed by atoms with Crippen LogP contribution >= 0.6 is 12.2 Å². The highest BCUT2D eigenvalue weighted by molar-refractivity contribution is 7.80. The molecule has 0 atom stereocenters. The van der Waals surface area contributed by atoms with E-state index in [4.69, 9.17) is 12.2 Å². The van der Waals surface area contributed by atoms with Gasteiger partial charge in [0.1, 0.15) is 0 Å². The van der Waals surface area contributed by atoms with E-state index in [1.54, 1.807) is 0 Å². The lowest BCUT2D eigenvalue weighted by Crippen LogP contribution is -2.35. The lowest BCUT2D eigenvalue weighted by molar-refractivity contribution is 0.653. The highest BCUT2D eigenvalue weighted by Crippen LogP contribution is 2.04. The summed E-state index contributed by atoms with van der Waals surface area (Å²) in [6.45, 7) is 6.54. The van der Waals surface area contributed by atoms with E-state index in [1.807, 2.05) is 17.7 Å². The topological polar surface area (TPSA) is 41.9 Å². The van der Waals surface area contributed by atoms with Crippen LogP contribution in [0, 0.1) is 6.92 Å². The molecule has 21 heavy (non-hydrogen) atoms. The SMILES string of the molecule is CCn1cc(CNC(=S)NCCc2ccccc2)c(C)n1. The summed E-state index contributed by atoms with van der Waals surface area (Å²) in [5.74, 6) is 0. The third-order valence-electron chi connectivity index (χ3n) is 3.35. The largest absolute Gasteiger partial charge is 0.362 e. The summed E-state index contributed by atoms with van der Waals surface area (Å²) in [6.07, 6.45) is 3.03. The van der Waals surface area contributed by atoms with Gasteiger partial charge < -0.3 is 10.6 Å². The third-order valence-corrected chi connectivity index (χ3v) is 3.64. The number of aryl methyl sites for hydroxylation is 2. The molecule has 0 saturated carbocycles. The fourth-order valence-corrected chi connectivity index (χ4v) is 2.27. The summed E-state index contributed by atoms with van der Waals surface area (Å²) < 4.78 is 1.94. The first kappa shape index (κ1) is 15.5. The molecule has 1 aromatic carbocycles. The zero-order valence-corrected chi connectivity index (χ0v) is 13.4. The molecule has 0 radical (unpaired) electrons. The molecular weight excluding hydrogens is 280 g/mol. The van der Waals surface area contributed by atoms with Gasteiger partial charge in [0, 0.05) is 31.4 Å². The lowest BCUT2D eigenvalue weighted by atomic mass is 10.1. The number of aromatic nitrogens is 2. The Balaban J connectivity index is 1.71. The standard InChI is InChI=1S/C16H22N4S/c1-3-20-12-15(13(2)19-20)11-18-16(21)17-10-9-14-7-5-4-6-8-14/h4-8,12H,3,9-11H2,1-2H3,(H2,17,18,21). The van der Waals surface area contributed by atoms with E-state index in [-0.39, 0.29) is 0 Å². The van der Waals surface area contributed by atoms with Crippen LogP contribution in [0.1, 0.15) is 23.7 Å². The van der Waals surface area contributed by atoms with Crippen molar-refractivity contribution >= 4 is 17.3 Å². The van der Waals surface area contributed by atoms with Crippen LogP contribution < -0.4 is 10.6 Å². The van der Waals surface area contributed by atoms with E-state index in [2.05, 4.69) is 53.1 Å². The first-order valence-corrected chi connectivity index (χ1v) is 7.68. The van der Waals surface area contributed by atoms with Gasteiger partial charge in [-0.2, -0.15) is 5.10 Å². The van der Waals surface area contributed by atoms with Gasteiger partial charge in [0.15, 0.2) is 5.11 Å². The first-order chi connectivity index (χ1) is 10.2. The Bertz CT molecular complexity index is 577. The van der Waals surface area contributed by atoms with Crippen LogP contribution in [0.25, 0.3) is 0 Å². The molecule has 0 aliphatic rings. The van der Waals surface area contributed by atoms with Crippen molar-refractivity contribution < 1.29 is 0 Å². The summed E-state index contributed by atoms with van der Waals surface area (Å²) in [6, 6.07) is 10.4. The molecule has 4 nitrogen and oxygen atoms in total. The van der Waals surface area contributed by atoms with Gasteiger partial charge in [-0.05, 0) is 38.0 Å². The Labute approximate surface area is 131 Å². The molecule has 0 bridgehead atoms. The van der Waals surface area contributed by atoms with Gasteiger partial charge in [0.25, 0.3) is 0 Å². The minimum absolute atomic E-state index is 0.689. The number of hydrogen-bond acceptors (Lipinski definition) is 2. The molecular formula is C16H22N4S. The highest BCUT2D eigenvalue weighted by atomic mass is 32.1. The quantitative estimate of drug-likeness (QED) is 0.804.